The number of nitrogens with zero attached hydrogens (tertiary/aromatic N) is 1. The molecule has 7 heteroatoms. The number of hydrogen-bond acceptors (Lipinski definition) is 4. The number of hydrogen-bond donors (Lipinski definition) is 1. The summed E-state index contributed by atoms with van der Waals surface area (Å²) >= 11 is 0. The van der Waals surface area contributed by atoms with Crippen LogP contribution in [-0.2, 0) is 4.74 Å². The fourth-order valence-electron chi connectivity index (χ4n) is 3.29. The van der Waals surface area contributed by atoms with Crippen LogP contribution in [0.15, 0.2) is 24.3 Å². The third-order valence-electron chi connectivity index (χ3n) is 4.47. The largest absolute Gasteiger partial charge is 0.461 e. The van der Waals surface area contributed by atoms with Crippen LogP contribution in [0.25, 0.3) is 0 Å². The number of ether oxygens (including phenoxy) is 1. The van der Waals surface area contributed by atoms with E-state index >= 15 is 0 Å². The van der Waals surface area contributed by atoms with Gasteiger partial charge in [0.2, 0.25) is 0 Å². The number of aryl methyl sites for hydroxylation is 1. The first kappa shape index (κ1) is 22.3. The van der Waals surface area contributed by atoms with Crippen molar-refractivity contribution >= 4 is 17.7 Å². The number of ketones is 1. The van der Waals surface area contributed by atoms with Gasteiger partial charge in [0.1, 0.15) is 11.5 Å². The van der Waals surface area contributed by atoms with Crippen LogP contribution in [0, 0.1) is 25.6 Å². The molecular weight excluding hydrogens is 375 g/mol. The van der Waals surface area contributed by atoms with Crippen LogP contribution in [0.4, 0.5) is 4.39 Å². The molecule has 6 nitrogen and oxygen atoms in total. The van der Waals surface area contributed by atoms with Crippen LogP contribution in [-0.4, -0.2) is 47.2 Å². The fourth-order valence-corrected chi connectivity index (χ4v) is 3.29. The van der Waals surface area contributed by atoms with Crippen molar-refractivity contribution in [3.63, 3.8) is 0 Å². The summed E-state index contributed by atoms with van der Waals surface area (Å²) in [5, 5.41) is 0. The summed E-state index contributed by atoms with van der Waals surface area (Å²) in [4.78, 5) is 42.3. The van der Waals surface area contributed by atoms with Crippen molar-refractivity contribution < 1.29 is 23.5 Å². The van der Waals surface area contributed by atoms with Crippen LogP contribution >= 0.6 is 0 Å². The molecule has 0 saturated heterocycles. The molecule has 0 bridgehead atoms. The minimum absolute atomic E-state index is 0.115. The molecule has 0 unspecified atom stereocenters. The van der Waals surface area contributed by atoms with Gasteiger partial charge in [0.15, 0.2) is 5.78 Å². The smallest absolute Gasteiger partial charge is 0.355 e. The number of carbonyl (C=O) groups excluding carboxylic acids is 3. The third-order valence-corrected chi connectivity index (χ3v) is 4.47. The highest BCUT2D eigenvalue weighted by atomic mass is 19.1. The van der Waals surface area contributed by atoms with Crippen LogP contribution in [0.3, 0.4) is 0 Å². The van der Waals surface area contributed by atoms with E-state index < -0.39 is 17.7 Å². The number of halogens is 1. The molecule has 0 atom stereocenters. The normalized spacial score (nSPS) is 10.9. The van der Waals surface area contributed by atoms with Crippen LogP contribution in [0.2, 0.25) is 0 Å². The maximum absolute atomic E-state index is 13.5. The Morgan fingerprint density at radius 3 is 2.48 bits per heavy atom. The van der Waals surface area contributed by atoms with E-state index in [1.807, 2.05) is 13.8 Å². The van der Waals surface area contributed by atoms with Crippen molar-refractivity contribution in [3.8, 4) is 0 Å². The SMILES string of the molecule is CCOC(=O)c1[nH]c(C)c(C(=O)CN(CC(C)C)C(=O)c2cccc(F)c2)c1C. The van der Waals surface area contributed by atoms with Crippen LogP contribution < -0.4 is 0 Å². The van der Waals surface area contributed by atoms with Crippen LogP contribution in [0.1, 0.15) is 63.2 Å². The van der Waals surface area contributed by atoms with Crippen molar-refractivity contribution in [1.29, 1.82) is 0 Å². The Hall–Kier alpha value is -2.96. The van der Waals surface area contributed by atoms with E-state index in [1.54, 1.807) is 20.8 Å². The first-order valence-corrected chi connectivity index (χ1v) is 9.60. The summed E-state index contributed by atoms with van der Waals surface area (Å²) in [5.74, 6) is -1.63. The number of aromatic nitrogens is 1. The van der Waals surface area contributed by atoms with E-state index in [1.165, 1.54) is 23.1 Å². The van der Waals surface area contributed by atoms with E-state index in [9.17, 15) is 18.8 Å². The molecule has 2 aromatic rings. The number of Topliss-reactive ketones (excluding diaryl/α,β-unsaturated/α-hetero) is 1. The number of benzene rings is 1. The molecule has 0 radical (unpaired) electrons. The number of carbonyl (C=O) groups is 3. The lowest BCUT2D eigenvalue weighted by molar-refractivity contribution is 0.0519. The second-order valence-electron chi connectivity index (χ2n) is 7.36. The van der Waals surface area contributed by atoms with Gasteiger partial charge in [-0.1, -0.05) is 19.9 Å². The molecule has 29 heavy (non-hydrogen) atoms. The molecule has 0 spiro atoms. The highest BCUT2D eigenvalue weighted by Gasteiger charge is 2.26. The molecule has 156 valence electrons. The first-order valence-electron chi connectivity index (χ1n) is 9.60. The number of esters is 1. The van der Waals surface area contributed by atoms with Crippen molar-refractivity contribution in [1.82, 2.24) is 9.88 Å². The van der Waals surface area contributed by atoms with Gasteiger partial charge in [0.25, 0.3) is 5.91 Å². The molecular formula is C22H27FN2O4. The molecule has 1 amide bonds. The quantitative estimate of drug-likeness (QED) is 0.536. The predicted molar refractivity (Wildman–Crippen MR) is 108 cm³/mol. The summed E-state index contributed by atoms with van der Waals surface area (Å²) in [7, 11) is 0. The zero-order valence-electron chi connectivity index (χ0n) is 17.5. The maximum Gasteiger partial charge on any atom is 0.355 e. The molecule has 1 heterocycles. The number of aromatic amines is 1. The van der Waals surface area contributed by atoms with Crippen molar-refractivity contribution in [2.45, 2.75) is 34.6 Å². The van der Waals surface area contributed by atoms with Gasteiger partial charge in [-0.25, -0.2) is 9.18 Å². The predicted octanol–water partition coefficient (Wildman–Crippen LogP) is 3.93. The van der Waals surface area contributed by atoms with Gasteiger partial charge in [0.05, 0.1) is 13.2 Å². The molecule has 1 aromatic carbocycles. The van der Waals surface area contributed by atoms with Gasteiger partial charge in [-0.2, -0.15) is 0 Å². The molecule has 0 aliphatic carbocycles. The standard InChI is InChI=1S/C22H27FN2O4/c1-6-29-22(28)20-14(4)19(15(5)24-20)18(26)12-25(11-13(2)3)21(27)16-8-7-9-17(23)10-16/h7-10,13,24H,6,11-12H2,1-5H3. The van der Waals surface area contributed by atoms with Gasteiger partial charge in [-0.05, 0) is 50.5 Å². The van der Waals surface area contributed by atoms with E-state index in [0.29, 0.717) is 23.4 Å². The molecule has 1 N–H and O–H groups in total. The second-order valence-corrected chi connectivity index (χ2v) is 7.36. The summed E-state index contributed by atoms with van der Waals surface area (Å²) in [6, 6.07) is 5.41. The first-order chi connectivity index (χ1) is 13.6. The summed E-state index contributed by atoms with van der Waals surface area (Å²) in [6.45, 7) is 9.34. The summed E-state index contributed by atoms with van der Waals surface area (Å²) in [6.07, 6.45) is 0. The minimum Gasteiger partial charge on any atom is -0.461 e. The average molecular weight is 402 g/mol. The zero-order valence-corrected chi connectivity index (χ0v) is 17.5. The highest BCUT2D eigenvalue weighted by Crippen LogP contribution is 2.21. The Morgan fingerprint density at radius 2 is 1.90 bits per heavy atom. The van der Waals surface area contributed by atoms with E-state index in [-0.39, 0.29) is 36.1 Å². The highest BCUT2D eigenvalue weighted by molar-refractivity contribution is 6.05. The minimum atomic E-state index is -0.526. The average Bonchev–Trinajstić information content (AvgIpc) is 2.94. The molecule has 0 aliphatic heterocycles. The van der Waals surface area contributed by atoms with Gasteiger partial charge >= 0.3 is 5.97 Å². The monoisotopic (exact) mass is 402 g/mol. The lowest BCUT2D eigenvalue weighted by Crippen LogP contribution is -2.38. The zero-order chi connectivity index (χ0) is 21.7. The maximum atomic E-state index is 13.5. The Labute approximate surface area is 170 Å². The molecule has 2 rings (SSSR count). The molecule has 0 fully saturated rings. The van der Waals surface area contributed by atoms with E-state index in [2.05, 4.69) is 4.98 Å². The van der Waals surface area contributed by atoms with Gasteiger partial charge in [0, 0.05) is 23.4 Å². The molecule has 1 aromatic heterocycles. The third kappa shape index (κ3) is 5.31. The van der Waals surface area contributed by atoms with Crippen LogP contribution in [0.5, 0.6) is 0 Å². The Morgan fingerprint density at radius 1 is 1.21 bits per heavy atom. The summed E-state index contributed by atoms with van der Waals surface area (Å²) in [5.41, 5.74) is 1.83. The Kier molecular flexibility index (Phi) is 7.31. The summed E-state index contributed by atoms with van der Waals surface area (Å²) < 4.78 is 18.6. The van der Waals surface area contributed by atoms with Crippen molar-refractivity contribution in [2.24, 2.45) is 5.92 Å². The topological polar surface area (TPSA) is 79.5 Å². The lowest BCUT2D eigenvalue weighted by atomic mass is 10.0. The number of H-pyrrole nitrogens is 1. The van der Waals surface area contributed by atoms with Gasteiger partial charge in [-0.3, -0.25) is 9.59 Å². The Bertz CT molecular complexity index is 918. The Balaban J connectivity index is 2.31. The van der Waals surface area contributed by atoms with Gasteiger partial charge < -0.3 is 14.6 Å². The molecule has 0 saturated carbocycles. The number of rotatable bonds is 8. The molecule has 0 aliphatic rings. The second kappa shape index (κ2) is 9.49. The van der Waals surface area contributed by atoms with Crippen molar-refractivity contribution in [3.05, 3.63) is 58.2 Å². The van der Waals surface area contributed by atoms with Crippen molar-refractivity contribution in [2.75, 3.05) is 19.7 Å². The number of amides is 1. The van der Waals surface area contributed by atoms with E-state index in [0.717, 1.165) is 6.07 Å². The van der Waals surface area contributed by atoms with Gasteiger partial charge in [-0.15, -0.1) is 0 Å². The lowest BCUT2D eigenvalue weighted by Gasteiger charge is -2.24. The van der Waals surface area contributed by atoms with E-state index in [4.69, 9.17) is 4.74 Å². The number of nitrogens with one attached hydrogen (secondary N) is 1. The fraction of sp³-hybridized carbons (Fsp3) is 0.409.